The van der Waals surface area contributed by atoms with Crippen LogP contribution in [0.2, 0.25) is 0 Å². The van der Waals surface area contributed by atoms with Gasteiger partial charge in [-0.25, -0.2) is 0 Å². The Morgan fingerprint density at radius 1 is 1.25 bits per heavy atom. The molecule has 3 atom stereocenters. The van der Waals surface area contributed by atoms with Crippen molar-refractivity contribution in [2.45, 2.75) is 88.8 Å². The number of aryl methyl sites for hydroxylation is 1. The van der Waals surface area contributed by atoms with Gasteiger partial charge in [0.15, 0.2) is 0 Å². The number of rotatable bonds is 6. The molecular weight excluding hydrogens is 310 g/mol. The van der Waals surface area contributed by atoms with Crippen LogP contribution in [0.3, 0.4) is 0 Å². The van der Waals surface area contributed by atoms with Crippen LogP contribution >= 0.6 is 11.8 Å². The molecule has 0 radical (unpaired) electrons. The van der Waals surface area contributed by atoms with E-state index in [0.717, 1.165) is 17.6 Å². The fraction of sp³-hybridized carbons (Fsp3) is 0.727. The minimum Gasteiger partial charge on any atom is -0.325 e. The predicted octanol–water partition coefficient (Wildman–Crippen LogP) is 5.70. The highest BCUT2D eigenvalue weighted by Crippen LogP contribution is 2.42. The maximum Gasteiger partial charge on any atom is 0.0157 e. The molecule has 3 rings (SSSR count). The molecule has 2 aliphatic carbocycles. The molecule has 1 aromatic carbocycles. The third-order valence-corrected chi connectivity index (χ3v) is 7.50. The van der Waals surface area contributed by atoms with Gasteiger partial charge in [0, 0.05) is 5.54 Å². The molecule has 2 N–H and O–H groups in total. The standard InChI is InChI=1S/C22H35NS/c1-4-22(23)11-9-21(15-22)20-8-7-18-13-17(5-6-19(18)14-20)10-12-24-16(2)3/h7-8,14,16-17,21H,4-6,9-13,15,23H2,1-3H3/t17-,21-,22+/m0/s1. The van der Waals surface area contributed by atoms with E-state index in [9.17, 15) is 0 Å². The van der Waals surface area contributed by atoms with Crippen molar-refractivity contribution >= 4 is 11.8 Å². The first-order valence-electron chi connectivity index (χ1n) is 10.0. The van der Waals surface area contributed by atoms with Gasteiger partial charge in [-0.1, -0.05) is 39.0 Å². The molecule has 1 nitrogen and oxygen atoms in total. The number of hydrogen-bond donors (Lipinski definition) is 1. The predicted molar refractivity (Wildman–Crippen MR) is 108 cm³/mol. The zero-order chi connectivity index (χ0) is 17.2. The molecule has 2 heteroatoms. The molecule has 0 aromatic heterocycles. The lowest BCUT2D eigenvalue weighted by molar-refractivity contribution is 0.418. The summed E-state index contributed by atoms with van der Waals surface area (Å²) in [6.45, 7) is 6.85. The summed E-state index contributed by atoms with van der Waals surface area (Å²) in [6, 6.07) is 7.38. The lowest BCUT2D eigenvalue weighted by atomic mass is 9.80. The average molecular weight is 346 g/mol. The highest BCUT2D eigenvalue weighted by Gasteiger charge is 2.35. The Hall–Kier alpha value is -0.470. The monoisotopic (exact) mass is 345 g/mol. The van der Waals surface area contributed by atoms with Gasteiger partial charge in [0.05, 0.1) is 0 Å². The van der Waals surface area contributed by atoms with Crippen molar-refractivity contribution < 1.29 is 0 Å². The summed E-state index contributed by atoms with van der Waals surface area (Å²) in [7, 11) is 0. The Morgan fingerprint density at radius 2 is 2.08 bits per heavy atom. The average Bonchev–Trinajstić information content (AvgIpc) is 2.97. The van der Waals surface area contributed by atoms with E-state index >= 15 is 0 Å². The molecule has 0 heterocycles. The fourth-order valence-electron chi connectivity index (χ4n) is 4.58. The van der Waals surface area contributed by atoms with Crippen LogP contribution in [-0.4, -0.2) is 16.5 Å². The van der Waals surface area contributed by atoms with Crippen molar-refractivity contribution in [3.8, 4) is 0 Å². The topological polar surface area (TPSA) is 26.0 Å². The Bertz CT molecular complexity index is 553. The highest BCUT2D eigenvalue weighted by atomic mass is 32.2. The summed E-state index contributed by atoms with van der Waals surface area (Å²) >= 11 is 2.12. The molecule has 0 saturated heterocycles. The largest absolute Gasteiger partial charge is 0.325 e. The van der Waals surface area contributed by atoms with Crippen molar-refractivity contribution in [2.24, 2.45) is 11.7 Å². The van der Waals surface area contributed by atoms with Crippen LogP contribution < -0.4 is 5.73 Å². The Kier molecular flexibility index (Phi) is 5.98. The van der Waals surface area contributed by atoms with Gasteiger partial charge >= 0.3 is 0 Å². The third kappa shape index (κ3) is 4.38. The molecule has 0 unspecified atom stereocenters. The van der Waals surface area contributed by atoms with E-state index in [1.807, 2.05) is 0 Å². The quantitative estimate of drug-likeness (QED) is 0.716. The zero-order valence-electron chi connectivity index (χ0n) is 15.8. The molecule has 1 aromatic rings. The Morgan fingerprint density at radius 3 is 2.79 bits per heavy atom. The molecule has 0 bridgehead atoms. The van der Waals surface area contributed by atoms with Gasteiger partial charge in [0.2, 0.25) is 0 Å². The maximum atomic E-state index is 6.51. The second-order valence-electron chi connectivity index (χ2n) is 8.50. The normalized spacial score (nSPS) is 29.9. The van der Waals surface area contributed by atoms with E-state index in [0.29, 0.717) is 5.92 Å². The summed E-state index contributed by atoms with van der Waals surface area (Å²) in [5.41, 5.74) is 11.4. The van der Waals surface area contributed by atoms with Crippen LogP contribution in [0, 0.1) is 5.92 Å². The lowest BCUT2D eigenvalue weighted by Crippen LogP contribution is -2.35. The van der Waals surface area contributed by atoms with Gasteiger partial charge < -0.3 is 5.73 Å². The van der Waals surface area contributed by atoms with Gasteiger partial charge in [-0.3, -0.25) is 0 Å². The van der Waals surface area contributed by atoms with Gasteiger partial charge in [0.1, 0.15) is 0 Å². The third-order valence-electron chi connectivity index (χ3n) is 6.36. The van der Waals surface area contributed by atoms with Crippen molar-refractivity contribution in [1.82, 2.24) is 0 Å². The Labute approximate surface area is 153 Å². The van der Waals surface area contributed by atoms with Crippen molar-refractivity contribution in [1.29, 1.82) is 0 Å². The summed E-state index contributed by atoms with van der Waals surface area (Å²) in [6.07, 6.45) is 10.1. The van der Waals surface area contributed by atoms with E-state index in [4.69, 9.17) is 5.73 Å². The first-order valence-corrected chi connectivity index (χ1v) is 11.1. The highest BCUT2D eigenvalue weighted by molar-refractivity contribution is 7.99. The summed E-state index contributed by atoms with van der Waals surface area (Å²) in [5.74, 6) is 2.92. The van der Waals surface area contributed by atoms with Gasteiger partial charge in [0.25, 0.3) is 0 Å². The molecule has 24 heavy (non-hydrogen) atoms. The number of benzene rings is 1. The smallest absolute Gasteiger partial charge is 0.0157 e. The van der Waals surface area contributed by atoms with Crippen molar-refractivity contribution in [3.05, 3.63) is 34.9 Å². The van der Waals surface area contributed by atoms with Gasteiger partial charge in [-0.15, -0.1) is 0 Å². The molecule has 134 valence electrons. The number of nitrogens with two attached hydrogens (primary N) is 1. The molecular formula is C22H35NS. The van der Waals surface area contributed by atoms with Gasteiger partial charge in [-0.05, 0) is 90.9 Å². The minimum absolute atomic E-state index is 0.0970. The zero-order valence-corrected chi connectivity index (χ0v) is 16.6. The second-order valence-corrected chi connectivity index (χ2v) is 10.2. The molecule has 0 aliphatic heterocycles. The minimum atomic E-state index is 0.0970. The molecule has 2 aliphatic rings. The Balaban J connectivity index is 1.60. The molecule has 1 fully saturated rings. The molecule has 0 amide bonds. The second kappa shape index (κ2) is 7.83. The van der Waals surface area contributed by atoms with Crippen molar-refractivity contribution in [3.63, 3.8) is 0 Å². The summed E-state index contributed by atoms with van der Waals surface area (Å²) in [4.78, 5) is 0. The van der Waals surface area contributed by atoms with E-state index in [1.54, 1.807) is 16.7 Å². The maximum absolute atomic E-state index is 6.51. The van der Waals surface area contributed by atoms with Crippen LogP contribution in [0.25, 0.3) is 0 Å². The first-order chi connectivity index (χ1) is 11.5. The van der Waals surface area contributed by atoms with Crippen LogP contribution in [0.15, 0.2) is 18.2 Å². The van der Waals surface area contributed by atoms with E-state index < -0.39 is 0 Å². The van der Waals surface area contributed by atoms with Crippen LogP contribution in [0.4, 0.5) is 0 Å². The van der Waals surface area contributed by atoms with E-state index in [2.05, 4.69) is 50.7 Å². The SMILES string of the molecule is CC[C@@]1(N)CC[C@H](c2ccc3c(c2)CC[C@@H](CCSC(C)C)C3)C1. The number of hydrogen-bond acceptors (Lipinski definition) is 2. The van der Waals surface area contributed by atoms with Crippen molar-refractivity contribution in [2.75, 3.05) is 5.75 Å². The van der Waals surface area contributed by atoms with Gasteiger partial charge in [-0.2, -0.15) is 11.8 Å². The summed E-state index contributed by atoms with van der Waals surface area (Å²) < 4.78 is 0. The fourth-order valence-corrected chi connectivity index (χ4v) is 5.52. The number of fused-ring (bicyclic) bond motifs is 1. The van der Waals surface area contributed by atoms with E-state index in [-0.39, 0.29) is 5.54 Å². The first kappa shape index (κ1) is 18.3. The molecule has 1 saturated carbocycles. The van der Waals surface area contributed by atoms with E-state index in [1.165, 1.54) is 50.7 Å². The van der Waals surface area contributed by atoms with Crippen LogP contribution in [-0.2, 0) is 12.8 Å². The summed E-state index contributed by atoms with van der Waals surface area (Å²) in [5, 5.41) is 0.771. The lowest BCUT2D eigenvalue weighted by Gasteiger charge is -2.26. The number of thioether (sulfide) groups is 1. The molecule has 0 spiro atoms. The van der Waals surface area contributed by atoms with Crippen LogP contribution in [0.1, 0.15) is 81.9 Å². The van der Waals surface area contributed by atoms with Crippen LogP contribution in [0.5, 0.6) is 0 Å².